The van der Waals surface area contributed by atoms with E-state index in [1.54, 1.807) is 0 Å². The van der Waals surface area contributed by atoms with Crippen LogP contribution in [0.2, 0.25) is 0 Å². The van der Waals surface area contributed by atoms with Crippen LogP contribution in [0.15, 0.2) is 24.3 Å². The summed E-state index contributed by atoms with van der Waals surface area (Å²) in [5.74, 6) is 1.64. The zero-order chi connectivity index (χ0) is 9.97. The van der Waals surface area contributed by atoms with Gasteiger partial charge in [0.2, 0.25) is 0 Å². The van der Waals surface area contributed by atoms with Gasteiger partial charge in [0.1, 0.15) is 5.75 Å². The van der Waals surface area contributed by atoms with E-state index in [2.05, 4.69) is 19.1 Å². The number of para-hydroxylation sites is 1. The van der Waals surface area contributed by atoms with Crippen molar-refractivity contribution in [3.8, 4) is 5.75 Å². The third-order valence-electron chi connectivity index (χ3n) is 2.66. The molecule has 0 fully saturated rings. The van der Waals surface area contributed by atoms with Gasteiger partial charge < -0.3 is 10.5 Å². The minimum atomic E-state index is 0.272. The fourth-order valence-corrected chi connectivity index (χ4v) is 2.07. The first-order valence-corrected chi connectivity index (χ1v) is 5.22. The maximum atomic E-state index is 5.79. The van der Waals surface area contributed by atoms with E-state index in [-0.39, 0.29) is 6.04 Å². The number of nitrogens with two attached hydrogens (primary N) is 1. The number of hydrogen-bond donors (Lipinski definition) is 1. The molecule has 0 amide bonds. The monoisotopic (exact) mass is 191 g/mol. The van der Waals surface area contributed by atoms with Gasteiger partial charge in [-0.1, -0.05) is 18.2 Å². The number of hydrogen-bond acceptors (Lipinski definition) is 2. The normalized spacial score (nSPS) is 22.3. The van der Waals surface area contributed by atoms with Crippen LogP contribution in [-0.4, -0.2) is 12.6 Å². The van der Waals surface area contributed by atoms with E-state index in [9.17, 15) is 0 Å². The molecule has 2 heteroatoms. The van der Waals surface area contributed by atoms with Crippen LogP contribution in [0.4, 0.5) is 0 Å². The van der Waals surface area contributed by atoms with Crippen LogP contribution in [0.25, 0.3) is 0 Å². The Bertz CT molecular complexity index is 309. The maximum Gasteiger partial charge on any atom is 0.122 e. The van der Waals surface area contributed by atoms with Gasteiger partial charge in [0, 0.05) is 6.04 Å². The van der Waals surface area contributed by atoms with Crippen LogP contribution in [0.3, 0.4) is 0 Å². The van der Waals surface area contributed by atoms with Gasteiger partial charge in [-0.05, 0) is 37.3 Å². The Hall–Kier alpha value is -1.02. The summed E-state index contributed by atoms with van der Waals surface area (Å²) < 4.78 is 5.68. The van der Waals surface area contributed by atoms with Gasteiger partial charge in [0.15, 0.2) is 0 Å². The summed E-state index contributed by atoms with van der Waals surface area (Å²) in [7, 11) is 0. The molecule has 2 N–H and O–H groups in total. The van der Waals surface area contributed by atoms with Crippen molar-refractivity contribution >= 4 is 0 Å². The molecular formula is C12H17NO. The second-order valence-electron chi connectivity index (χ2n) is 4.20. The highest BCUT2D eigenvalue weighted by atomic mass is 16.5. The van der Waals surface area contributed by atoms with E-state index >= 15 is 0 Å². The van der Waals surface area contributed by atoms with Crippen molar-refractivity contribution in [2.24, 2.45) is 11.7 Å². The fourth-order valence-electron chi connectivity index (χ4n) is 2.07. The van der Waals surface area contributed by atoms with Crippen molar-refractivity contribution in [3.63, 3.8) is 0 Å². The van der Waals surface area contributed by atoms with Crippen LogP contribution in [0, 0.1) is 5.92 Å². The first-order valence-electron chi connectivity index (χ1n) is 5.22. The highest BCUT2D eigenvalue weighted by Gasteiger charge is 2.19. The van der Waals surface area contributed by atoms with Gasteiger partial charge in [-0.2, -0.15) is 0 Å². The molecule has 76 valence electrons. The Morgan fingerprint density at radius 2 is 2.29 bits per heavy atom. The molecule has 2 nitrogen and oxygen atoms in total. The minimum Gasteiger partial charge on any atom is -0.493 e. The molecule has 0 saturated heterocycles. The summed E-state index contributed by atoms with van der Waals surface area (Å²) in [6, 6.07) is 8.54. The molecule has 14 heavy (non-hydrogen) atoms. The Labute approximate surface area is 85.1 Å². The summed E-state index contributed by atoms with van der Waals surface area (Å²) in [6.45, 7) is 2.87. The SMILES string of the molecule is C[C@H](N)CC1COc2ccccc2C1. The molecule has 1 heterocycles. The third-order valence-corrected chi connectivity index (χ3v) is 2.66. The van der Waals surface area contributed by atoms with Gasteiger partial charge in [-0.25, -0.2) is 0 Å². The molecule has 1 unspecified atom stereocenters. The Balaban J connectivity index is 2.06. The van der Waals surface area contributed by atoms with E-state index in [0.29, 0.717) is 5.92 Å². The molecule has 0 aromatic heterocycles. The number of benzene rings is 1. The molecule has 0 aliphatic carbocycles. The first-order chi connectivity index (χ1) is 6.75. The van der Waals surface area contributed by atoms with Crippen LogP contribution in [-0.2, 0) is 6.42 Å². The molecule has 0 bridgehead atoms. The zero-order valence-corrected chi connectivity index (χ0v) is 8.57. The quantitative estimate of drug-likeness (QED) is 0.775. The molecule has 1 aromatic rings. The Morgan fingerprint density at radius 1 is 1.50 bits per heavy atom. The van der Waals surface area contributed by atoms with Crippen LogP contribution >= 0.6 is 0 Å². The molecule has 2 rings (SSSR count). The largest absolute Gasteiger partial charge is 0.493 e. The lowest BCUT2D eigenvalue weighted by Crippen LogP contribution is -2.27. The smallest absolute Gasteiger partial charge is 0.122 e. The summed E-state index contributed by atoms with van der Waals surface area (Å²) in [4.78, 5) is 0. The summed E-state index contributed by atoms with van der Waals surface area (Å²) in [5, 5.41) is 0. The van der Waals surface area contributed by atoms with Gasteiger partial charge in [-0.15, -0.1) is 0 Å². The van der Waals surface area contributed by atoms with Crippen molar-refractivity contribution in [1.29, 1.82) is 0 Å². The van der Waals surface area contributed by atoms with E-state index in [4.69, 9.17) is 10.5 Å². The van der Waals surface area contributed by atoms with E-state index in [1.807, 2.05) is 12.1 Å². The van der Waals surface area contributed by atoms with Crippen molar-refractivity contribution in [3.05, 3.63) is 29.8 Å². The zero-order valence-electron chi connectivity index (χ0n) is 8.57. The second kappa shape index (κ2) is 4.01. The summed E-state index contributed by atoms with van der Waals surface area (Å²) in [5.41, 5.74) is 7.11. The van der Waals surface area contributed by atoms with Gasteiger partial charge in [-0.3, -0.25) is 0 Å². The first kappa shape index (κ1) is 9.53. The van der Waals surface area contributed by atoms with Crippen molar-refractivity contribution < 1.29 is 4.74 Å². The lowest BCUT2D eigenvalue weighted by Gasteiger charge is -2.26. The fraction of sp³-hybridized carbons (Fsp3) is 0.500. The van der Waals surface area contributed by atoms with Crippen LogP contribution in [0.1, 0.15) is 18.9 Å². The average molecular weight is 191 g/mol. The molecule has 0 spiro atoms. The molecule has 1 aliphatic heterocycles. The predicted molar refractivity (Wildman–Crippen MR) is 57.4 cm³/mol. The lowest BCUT2D eigenvalue weighted by molar-refractivity contribution is 0.208. The number of ether oxygens (including phenoxy) is 1. The molecule has 0 radical (unpaired) electrons. The number of fused-ring (bicyclic) bond motifs is 1. The average Bonchev–Trinajstić information content (AvgIpc) is 2.17. The molecular weight excluding hydrogens is 174 g/mol. The van der Waals surface area contributed by atoms with Crippen molar-refractivity contribution in [2.75, 3.05) is 6.61 Å². The van der Waals surface area contributed by atoms with E-state index < -0.39 is 0 Å². The van der Waals surface area contributed by atoms with E-state index in [0.717, 1.165) is 25.2 Å². The predicted octanol–water partition coefficient (Wildman–Crippen LogP) is 1.98. The minimum absolute atomic E-state index is 0.272. The second-order valence-corrected chi connectivity index (χ2v) is 4.20. The lowest BCUT2D eigenvalue weighted by atomic mass is 9.92. The van der Waals surface area contributed by atoms with Crippen LogP contribution < -0.4 is 10.5 Å². The molecule has 1 aromatic carbocycles. The maximum absolute atomic E-state index is 5.79. The van der Waals surface area contributed by atoms with Gasteiger partial charge in [0.05, 0.1) is 6.61 Å². The highest BCUT2D eigenvalue weighted by Crippen LogP contribution is 2.28. The Kier molecular flexibility index (Phi) is 2.73. The van der Waals surface area contributed by atoms with Gasteiger partial charge >= 0.3 is 0 Å². The van der Waals surface area contributed by atoms with Crippen molar-refractivity contribution in [1.82, 2.24) is 0 Å². The standard InChI is InChI=1S/C12H17NO/c1-9(13)6-10-7-11-4-2-3-5-12(11)14-8-10/h2-5,9-10H,6-8,13H2,1H3/t9-,10?/m0/s1. The topological polar surface area (TPSA) is 35.2 Å². The Morgan fingerprint density at radius 3 is 3.07 bits per heavy atom. The number of rotatable bonds is 2. The molecule has 1 aliphatic rings. The van der Waals surface area contributed by atoms with Crippen molar-refractivity contribution in [2.45, 2.75) is 25.8 Å². The third kappa shape index (κ3) is 2.07. The summed E-state index contributed by atoms with van der Waals surface area (Å²) >= 11 is 0. The van der Waals surface area contributed by atoms with Gasteiger partial charge in [0.25, 0.3) is 0 Å². The summed E-state index contributed by atoms with van der Waals surface area (Å²) in [6.07, 6.45) is 2.16. The molecule has 0 saturated carbocycles. The van der Waals surface area contributed by atoms with Crippen LogP contribution in [0.5, 0.6) is 5.75 Å². The highest BCUT2D eigenvalue weighted by molar-refractivity contribution is 5.35. The molecule has 2 atom stereocenters. The van der Waals surface area contributed by atoms with E-state index in [1.165, 1.54) is 5.56 Å².